The normalized spacial score (nSPS) is 17.7. The number of benzene rings is 1. The maximum atomic E-state index is 13.3. The number of methoxy groups -OCH3 is 1. The first kappa shape index (κ1) is 28.3. The fourth-order valence-corrected chi connectivity index (χ4v) is 5.75. The second kappa shape index (κ2) is 11.1. The van der Waals surface area contributed by atoms with Crippen LogP contribution in [0.25, 0.3) is 16.8 Å². The minimum Gasteiger partial charge on any atom is -0.464 e. The fourth-order valence-electron chi connectivity index (χ4n) is 5.75. The molecule has 0 aliphatic carbocycles. The molecule has 3 N–H and O–H groups in total. The van der Waals surface area contributed by atoms with Crippen LogP contribution in [-0.4, -0.2) is 75.4 Å². The quantitative estimate of drug-likeness (QED) is 0.325. The Balaban J connectivity index is 1.37. The zero-order valence-electron chi connectivity index (χ0n) is 24.3. The third kappa shape index (κ3) is 5.18. The number of nitrogens with two attached hydrogens (primary N) is 1. The summed E-state index contributed by atoms with van der Waals surface area (Å²) < 4.78 is 12.1. The van der Waals surface area contributed by atoms with Crippen molar-refractivity contribution in [2.75, 3.05) is 44.5 Å². The van der Waals surface area contributed by atoms with Crippen molar-refractivity contribution in [1.82, 2.24) is 24.3 Å². The molecule has 222 valence electrons. The number of nitrogens with one attached hydrogen (secondary N) is 1. The Hall–Kier alpha value is -4.84. The smallest absolute Gasteiger partial charge is 0.356 e. The van der Waals surface area contributed by atoms with Gasteiger partial charge in [-0.1, -0.05) is 12.1 Å². The molecular formula is C31H33N7O5. The summed E-state index contributed by atoms with van der Waals surface area (Å²) in [6.07, 6.45) is 4.57. The van der Waals surface area contributed by atoms with Gasteiger partial charge in [0.05, 0.1) is 31.9 Å². The van der Waals surface area contributed by atoms with Crippen molar-refractivity contribution in [1.29, 1.82) is 0 Å². The van der Waals surface area contributed by atoms with Gasteiger partial charge in [0, 0.05) is 36.3 Å². The molecule has 3 aromatic heterocycles. The SMILES string of the molecule is COC(=O)c1cnc(N)c2c(-c3ccc(C(=O)Nc4cc(C)ccn4)cc3)nc([C@@H]3CCCN(C(=O)C4(C)COC4)C3)n12. The zero-order chi connectivity index (χ0) is 30.3. The van der Waals surface area contributed by atoms with Crippen LogP contribution < -0.4 is 11.1 Å². The summed E-state index contributed by atoms with van der Waals surface area (Å²) in [6, 6.07) is 10.6. The molecule has 2 aliphatic rings. The lowest BCUT2D eigenvalue weighted by Crippen LogP contribution is -2.55. The van der Waals surface area contributed by atoms with Gasteiger partial charge in [-0.15, -0.1) is 0 Å². The number of hydrogen-bond donors (Lipinski definition) is 2. The average molecular weight is 584 g/mol. The number of esters is 1. The third-order valence-electron chi connectivity index (χ3n) is 8.12. The average Bonchev–Trinajstić information content (AvgIpc) is 3.41. The number of imidazole rings is 1. The van der Waals surface area contributed by atoms with Crippen molar-refractivity contribution in [2.24, 2.45) is 5.41 Å². The number of nitrogen functional groups attached to an aromatic ring is 1. The number of rotatable bonds is 6. The van der Waals surface area contributed by atoms with Crippen molar-refractivity contribution < 1.29 is 23.9 Å². The number of likely N-dealkylation sites (tertiary alicyclic amines) is 1. The molecule has 5 heterocycles. The predicted octanol–water partition coefficient (Wildman–Crippen LogP) is 3.46. The highest BCUT2D eigenvalue weighted by Gasteiger charge is 2.45. The largest absolute Gasteiger partial charge is 0.464 e. The Bertz CT molecular complexity index is 1730. The number of amides is 2. The Morgan fingerprint density at radius 1 is 1.14 bits per heavy atom. The molecule has 1 aromatic carbocycles. The number of aromatic nitrogens is 4. The monoisotopic (exact) mass is 583 g/mol. The highest BCUT2D eigenvalue weighted by molar-refractivity contribution is 6.04. The first-order chi connectivity index (χ1) is 20.7. The van der Waals surface area contributed by atoms with Gasteiger partial charge in [-0.25, -0.2) is 19.7 Å². The molecule has 2 amide bonds. The molecule has 43 heavy (non-hydrogen) atoms. The number of hydrogen-bond acceptors (Lipinski definition) is 9. The minimum atomic E-state index is -0.581. The van der Waals surface area contributed by atoms with Crippen LogP contribution in [0.3, 0.4) is 0 Å². The zero-order valence-corrected chi connectivity index (χ0v) is 24.3. The van der Waals surface area contributed by atoms with Crippen LogP contribution in [-0.2, 0) is 14.3 Å². The van der Waals surface area contributed by atoms with E-state index < -0.39 is 11.4 Å². The lowest BCUT2D eigenvalue weighted by atomic mass is 9.85. The van der Waals surface area contributed by atoms with E-state index in [2.05, 4.69) is 15.3 Å². The molecule has 0 spiro atoms. The minimum absolute atomic E-state index is 0.0636. The standard InChI is InChI=1S/C31H33N7O5/c1-18-10-11-33-23(13-18)35-28(39)20-8-6-19(7-9-20)24-25-26(32)34-14-22(29(40)42-3)38(25)27(36-24)21-5-4-12-37(15-21)30(41)31(2)16-43-17-31/h6-11,13-14,21H,4-5,12,15-17H2,1-3H3,(H2,32,34)(H,33,35,39)/t21-/m1/s1. The van der Waals surface area contributed by atoms with Crippen LogP contribution in [0, 0.1) is 12.3 Å². The number of aryl methyl sites for hydroxylation is 1. The van der Waals surface area contributed by atoms with Gasteiger partial charge in [-0.05, 0) is 56.5 Å². The van der Waals surface area contributed by atoms with Gasteiger partial charge in [-0.3, -0.25) is 14.0 Å². The first-order valence-electron chi connectivity index (χ1n) is 14.2. The molecular weight excluding hydrogens is 550 g/mol. The third-order valence-corrected chi connectivity index (χ3v) is 8.12. The molecule has 2 aliphatic heterocycles. The van der Waals surface area contributed by atoms with E-state index in [-0.39, 0.29) is 29.2 Å². The molecule has 0 radical (unpaired) electrons. The maximum Gasteiger partial charge on any atom is 0.356 e. The van der Waals surface area contributed by atoms with E-state index in [0.717, 1.165) is 18.4 Å². The van der Waals surface area contributed by atoms with Crippen LogP contribution in [0.4, 0.5) is 11.6 Å². The van der Waals surface area contributed by atoms with Gasteiger partial charge in [0.1, 0.15) is 28.7 Å². The van der Waals surface area contributed by atoms with Gasteiger partial charge in [-0.2, -0.15) is 0 Å². The lowest BCUT2D eigenvalue weighted by molar-refractivity contribution is -0.169. The number of pyridine rings is 1. The fraction of sp³-hybridized carbons (Fsp3) is 0.355. The number of piperidine rings is 1. The van der Waals surface area contributed by atoms with E-state index in [1.807, 2.05) is 24.8 Å². The molecule has 0 bridgehead atoms. The highest BCUT2D eigenvalue weighted by Crippen LogP contribution is 2.37. The van der Waals surface area contributed by atoms with Crippen LogP contribution in [0.15, 0.2) is 48.8 Å². The topological polar surface area (TPSA) is 154 Å². The van der Waals surface area contributed by atoms with Crippen molar-refractivity contribution in [2.45, 2.75) is 32.6 Å². The number of ether oxygens (including phenoxy) is 2. The van der Waals surface area contributed by atoms with Gasteiger partial charge in [0.2, 0.25) is 5.91 Å². The van der Waals surface area contributed by atoms with Gasteiger partial charge < -0.3 is 25.4 Å². The number of carbonyl (C=O) groups excluding carboxylic acids is 3. The second-order valence-electron chi connectivity index (χ2n) is 11.4. The summed E-state index contributed by atoms with van der Waals surface area (Å²) in [5, 5.41) is 2.81. The van der Waals surface area contributed by atoms with Crippen molar-refractivity contribution in [3.63, 3.8) is 0 Å². The summed E-state index contributed by atoms with van der Waals surface area (Å²) in [6.45, 7) is 5.77. The van der Waals surface area contributed by atoms with Gasteiger partial charge >= 0.3 is 5.97 Å². The Morgan fingerprint density at radius 3 is 2.58 bits per heavy atom. The summed E-state index contributed by atoms with van der Waals surface area (Å²) in [4.78, 5) is 54.5. The van der Waals surface area contributed by atoms with E-state index >= 15 is 0 Å². The van der Waals surface area contributed by atoms with Crippen molar-refractivity contribution in [3.8, 4) is 11.3 Å². The number of fused-ring (bicyclic) bond motifs is 1. The Kier molecular flexibility index (Phi) is 7.30. The van der Waals surface area contributed by atoms with E-state index in [4.69, 9.17) is 20.2 Å². The number of nitrogens with zero attached hydrogens (tertiary/aromatic N) is 5. The van der Waals surface area contributed by atoms with E-state index in [9.17, 15) is 14.4 Å². The van der Waals surface area contributed by atoms with Gasteiger partial charge in [0.15, 0.2) is 5.69 Å². The van der Waals surface area contributed by atoms with Gasteiger partial charge in [0.25, 0.3) is 5.91 Å². The molecule has 0 unspecified atom stereocenters. The molecule has 2 saturated heterocycles. The van der Waals surface area contributed by atoms with Crippen molar-refractivity contribution >= 4 is 34.9 Å². The van der Waals surface area contributed by atoms with Crippen LogP contribution in [0.2, 0.25) is 0 Å². The molecule has 0 saturated carbocycles. The lowest BCUT2D eigenvalue weighted by Gasteiger charge is -2.42. The highest BCUT2D eigenvalue weighted by atomic mass is 16.5. The molecule has 12 heteroatoms. The van der Waals surface area contributed by atoms with E-state index in [1.54, 1.807) is 40.9 Å². The van der Waals surface area contributed by atoms with E-state index in [1.165, 1.54) is 13.3 Å². The number of carbonyl (C=O) groups is 3. The van der Waals surface area contributed by atoms with Crippen molar-refractivity contribution in [3.05, 3.63) is 71.4 Å². The molecule has 12 nitrogen and oxygen atoms in total. The molecule has 2 fully saturated rings. The van der Waals surface area contributed by atoms with E-state index in [0.29, 0.717) is 60.3 Å². The first-order valence-corrected chi connectivity index (χ1v) is 14.2. The van der Waals surface area contributed by atoms with Crippen LogP contribution in [0.5, 0.6) is 0 Å². The molecule has 4 aromatic rings. The Labute approximate surface area is 248 Å². The maximum absolute atomic E-state index is 13.3. The van der Waals surface area contributed by atoms with Crippen LogP contribution >= 0.6 is 0 Å². The summed E-state index contributed by atoms with van der Waals surface area (Å²) >= 11 is 0. The summed E-state index contributed by atoms with van der Waals surface area (Å²) in [5.74, 6) is 0.270. The van der Waals surface area contributed by atoms with Crippen LogP contribution in [0.1, 0.15) is 57.9 Å². The molecule has 6 rings (SSSR count). The Morgan fingerprint density at radius 2 is 1.91 bits per heavy atom. The second-order valence-corrected chi connectivity index (χ2v) is 11.4. The summed E-state index contributed by atoms with van der Waals surface area (Å²) in [5.41, 5.74) is 9.16. The molecule has 1 atom stereocenters. The predicted molar refractivity (Wildman–Crippen MR) is 159 cm³/mol. The summed E-state index contributed by atoms with van der Waals surface area (Å²) in [7, 11) is 1.31. The number of anilines is 2.